The van der Waals surface area contributed by atoms with E-state index in [1.165, 1.54) is 4.90 Å². The van der Waals surface area contributed by atoms with Gasteiger partial charge in [-0.3, -0.25) is 14.7 Å². The number of nitrogens with zero attached hydrogens (tertiary/aromatic N) is 4. The molecule has 2 aliphatic heterocycles. The smallest absolute Gasteiger partial charge is 0.401 e. The molecule has 3 aromatic rings. The maximum Gasteiger partial charge on any atom is 0.401 e. The van der Waals surface area contributed by atoms with Crippen LogP contribution in [-0.2, 0) is 11.3 Å². The van der Waals surface area contributed by atoms with Crippen molar-refractivity contribution in [3.8, 4) is 11.1 Å². The lowest BCUT2D eigenvalue weighted by Crippen LogP contribution is -2.48. The van der Waals surface area contributed by atoms with Crippen LogP contribution in [0.5, 0.6) is 0 Å². The summed E-state index contributed by atoms with van der Waals surface area (Å²) in [5.74, 6) is 0.640. The molecule has 0 N–H and O–H groups in total. The molecule has 0 saturated carbocycles. The number of alkyl halides is 3. The van der Waals surface area contributed by atoms with Gasteiger partial charge in [0.05, 0.1) is 12.2 Å². The number of halogens is 3. The van der Waals surface area contributed by atoms with Crippen LogP contribution in [0.3, 0.4) is 0 Å². The van der Waals surface area contributed by atoms with Gasteiger partial charge in [0.1, 0.15) is 6.26 Å². The highest BCUT2D eigenvalue weighted by atomic mass is 19.4. The van der Waals surface area contributed by atoms with Gasteiger partial charge in [-0.2, -0.15) is 13.2 Å². The third kappa shape index (κ3) is 5.27. The first-order valence-electron chi connectivity index (χ1n) is 12.0. The molecule has 1 aromatic heterocycles. The van der Waals surface area contributed by atoms with E-state index in [0.29, 0.717) is 38.6 Å². The minimum Gasteiger partial charge on any atom is -0.472 e. The SMILES string of the molecule is Cc1noc(N2C=COC2c2ccc(-c3ccccc3)c(CN3CCN(CC(F)(F)F)CC3)c2)c1C. The lowest BCUT2D eigenvalue weighted by Gasteiger charge is -2.35. The number of hydrogen-bond donors (Lipinski definition) is 0. The van der Waals surface area contributed by atoms with Crippen molar-refractivity contribution in [1.29, 1.82) is 0 Å². The Balaban J connectivity index is 1.40. The molecule has 0 bridgehead atoms. The van der Waals surface area contributed by atoms with Crippen LogP contribution < -0.4 is 4.90 Å². The molecular weight excluding hydrogens is 469 g/mol. The molecule has 2 aliphatic rings. The summed E-state index contributed by atoms with van der Waals surface area (Å²) in [4.78, 5) is 5.61. The normalized spacial score (nSPS) is 19.1. The number of rotatable bonds is 6. The molecule has 0 spiro atoms. The van der Waals surface area contributed by atoms with Crippen LogP contribution in [0.2, 0.25) is 0 Å². The highest BCUT2D eigenvalue weighted by Gasteiger charge is 2.33. The number of anilines is 1. The molecule has 0 aliphatic carbocycles. The van der Waals surface area contributed by atoms with Crippen molar-refractivity contribution in [3.63, 3.8) is 0 Å². The molecule has 36 heavy (non-hydrogen) atoms. The van der Waals surface area contributed by atoms with Crippen LogP contribution in [0.15, 0.2) is 65.5 Å². The van der Waals surface area contributed by atoms with Crippen LogP contribution in [0.25, 0.3) is 11.1 Å². The maximum atomic E-state index is 12.8. The number of benzene rings is 2. The Morgan fingerprint density at radius 2 is 1.69 bits per heavy atom. The van der Waals surface area contributed by atoms with E-state index < -0.39 is 18.9 Å². The van der Waals surface area contributed by atoms with Crippen molar-refractivity contribution < 1.29 is 22.4 Å². The van der Waals surface area contributed by atoms with E-state index in [1.807, 2.05) is 43.1 Å². The minimum atomic E-state index is -4.17. The molecule has 0 radical (unpaired) electrons. The Morgan fingerprint density at radius 3 is 2.36 bits per heavy atom. The number of aryl methyl sites for hydroxylation is 1. The quantitative estimate of drug-likeness (QED) is 0.438. The van der Waals surface area contributed by atoms with Gasteiger partial charge in [0.15, 0.2) is 0 Å². The summed E-state index contributed by atoms with van der Waals surface area (Å²) in [6, 6.07) is 16.4. The van der Waals surface area contributed by atoms with Gasteiger partial charge in [-0.15, -0.1) is 0 Å². The third-order valence-electron chi connectivity index (χ3n) is 6.81. The van der Waals surface area contributed by atoms with Gasteiger partial charge in [-0.25, -0.2) is 0 Å². The second kappa shape index (κ2) is 9.99. The van der Waals surface area contributed by atoms with Gasteiger partial charge in [0.25, 0.3) is 0 Å². The lowest BCUT2D eigenvalue weighted by molar-refractivity contribution is -0.149. The van der Waals surface area contributed by atoms with Crippen molar-refractivity contribution in [2.24, 2.45) is 0 Å². The van der Waals surface area contributed by atoms with E-state index in [-0.39, 0.29) is 0 Å². The molecule has 0 amide bonds. The molecule has 9 heteroatoms. The van der Waals surface area contributed by atoms with Gasteiger partial charge in [-0.1, -0.05) is 47.6 Å². The van der Waals surface area contributed by atoms with Gasteiger partial charge < -0.3 is 9.26 Å². The maximum absolute atomic E-state index is 12.8. The summed E-state index contributed by atoms with van der Waals surface area (Å²) in [5, 5.41) is 4.08. The van der Waals surface area contributed by atoms with Gasteiger partial charge >= 0.3 is 6.18 Å². The van der Waals surface area contributed by atoms with Crippen molar-refractivity contribution in [3.05, 3.63) is 83.4 Å². The fourth-order valence-corrected chi connectivity index (χ4v) is 4.77. The first kappa shape index (κ1) is 24.4. The zero-order valence-corrected chi connectivity index (χ0v) is 20.3. The lowest BCUT2D eigenvalue weighted by atomic mass is 9.96. The van der Waals surface area contributed by atoms with Gasteiger partial charge in [-0.05, 0) is 36.6 Å². The standard InChI is InChI=1S/C27H29F3N4O2/c1-19-20(2)31-36-25(19)34-14-15-35-26(34)22-8-9-24(21-6-4-3-5-7-21)23(16-22)17-32-10-12-33(13-11-32)18-27(28,29)30/h3-9,14-16,26H,10-13,17-18H2,1-2H3. The molecule has 1 fully saturated rings. The van der Waals surface area contributed by atoms with E-state index >= 15 is 0 Å². The van der Waals surface area contributed by atoms with E-state index in [4.69, 9.17) is 9.26 Å². The number of ether oxygens (including phenoxy) is 1. The van der Waals surface area contributed by atoms with Gasteiger partial charge in [0, 0.05) is 50.1 Å². The first-order chi connectivity index (χ1) is 17.3. The van der Waals surface area contributed by atoms with E-state index in [0.717, 1.165) is 33.5 Å². The van der Waals surface area contributed by atoms with Crippen molar-refractivity contribution >= 4 is 5.88 Å². The van der Waals surface area contributed by atoms with Crippen LogP contribution in [0, 0.1) is 13.8 Å². The summed E-state index contributed by atoms with van der Waals surface area (Å²) in [6.45, 7) is 5.61. The third-order valence-corrected chi connectivity index (χ3v) is 6.81. The Bertz CT molecular complexity index is 1220. The molecule has 5 rings (SSSR count). The molecule has 3 heterocycles. The number of aromatic nitrogens is 1. The summed E-state index contributed by atoms with van der Waals surface area (Å²) in [5.41, 5.74) is 6.03. The van der Waals surface area contributed by atoms with E-state index in [9.17, 15) is 13.2 Å². The predicted molar refractivity (Wildman–Crippen MR) is 131 cm³/mol. The molecule has 1 atom stereocenters. The fraction of sp³-hybridized carbons (Fsp3) is 0.370. The van der Waals surface area contributed by atoms with E-state index in [1.54, 1.807) is 6.26 Å². The molecule has 1 saturated heterocycles. The molecule has 1 unspecified atom stereocenters. The average molecular weight is 499 g/mol. The summed E-state index contributed by atoms with van der Waals surface area (Å²) in [6.07, 6.45) is -1.09. The van der Waals surface area contributed by atoms with Crippen LogP contribution in [0.4, 0.5) is 19.1 Å². The second-order valence-electron chi connectivity index (χ2n) is 9.33. The largest absolute Gasteiger partial charge is 0.472 e. The van der Waals surface area contributed by atoms with E-state index in [2.05, 4.69) is 40.4 Å². The Hall–Kier alpha value is -3.30. The predicted octanol–water partition coefficient (Wildman–Crippen LogP) is 5.64. The second-order valence-corrected chi connectivity index (χ2v) is 9.33. The molecule has 190 valence electrons. The fourth-order valence-electron chi connectivity index (χ4n) is 4.77. The first-order valence-corrected chi connectivity index (χ1v) is 12.0. The molecule has 6 nitrogen and oxygen atoms in total. The zero-order valence-electron chi connectivity index (χ0n) is 20.3. The summed E-state index contributed by atoms with van der Waals surface area (Å²) < 4.78 is 50.0. The van der Waals surface area contributed by atoms with Crippen LogP contribution in [0.1, 0.15) is 28.6 Å². The monoisotopic (exact) mass is 498 g/mol. The average Bonchev–Trinajstić information content (AvgIpc) is 3.46. The van der Waals surface area contributed by atoms with Crippen molar-refractivity contribution in [2.45, 2.75) is 32.8 Å². The minimum absolute atomic E-state index is 0.396. The molecular formula is C27H29F3N4O2. The highest BCUT2D eigenvalue weighted by Crippen LogP contribution is 2.37. The van der Waals surface area contributed by atoms with Gasteiger partial charge in [0.2, 0.25) is 12.1 Å². The molecule has 2 aromatic carbocycles. The van der Waals surface area contributed by atoms with Crippen LogP contribution in [-0.4, -0.2) is 53.9 Å². The highest BCUT2D eigenvalue weighted by molar-refractivity contribution is 5.68. The number of hydrogen-bond acceptors (Lipinski definition) is 6. The Kier molecular flexibility index (Phi) is 6.77. The Labute approximate surface area is 208 Å². The number of piperazine rings is 1. The summed E-state index contributed by atoms with van der Waals surface area (Å²) in [7, 11) is 0. The van der Waals surface area contributed by atoms with Crippen LogP contribution >= 0.6 is 0 Å². The van der Waals surface area contributed by atoms with Crippen molar-refractivity contribution in [2.75, 3.05) is 37.6 Å². The summed E-state index contributed by atoms with van der Waals surface area (Å²) >= 11 is 0. The topological polar surface area (TPSA) is 45.0 Å². The van der Waals surface area contributed by atoms with Crippen molar-refractivity contribution in [1.82, 2.24) is 15.0 Å². The Morgan fingerprint density at radius 1 is 0.972 bits per heavy atom. The zero-order chi connectivity index (χ0) is 25.3.